The molecule has 0 aromatic rings. The monoisotopic (exact) mass is 266 g/mol. The molecule has 0 aliphatic heterocycles. The molecule has 0 radical (unpaired) electrons. The molecule has 0 aromatic carbocycles. The normalized spacial score (nSPS) is 13.7. The molecule has 0 fully saturated rings. The Morgan fingerprint density at radius 2 is 2.00 bits per heavy atom. The van der Waals surface area contributed by atoms with Gasteiger partial charge < -0.3 is 10.5 Å². The van der Waals surface area contributed by atoms with Crippen molar-refractivity contribution in [3.8, 4) is 0 Å². The van der Waals surface area contributed by atoms with E-state index in [2.05, 4.69) is 9.46 Å². The Labute approximate surface area is 103 Å². The first-order valence-corrected chi connectivity index (χ1v) is 7.32. The molecule has 0 spiro atoms. The summed E-state index contributed by atoms with van der Waals surface area (Å²) in [6.07, 6.45) is -0.139. The highest BCUT2D eigenvalue weighted by Crippen LogP contribution is 1.98. The van der Waals surface area contributed by atoms with E-state index in [4.69, 9.17) is 5.73 Å². The number of rotatable bonds is 8. The average molecular weight is 266 g/mol. The highest BCUT2D eigenvalue weighted by atomic mass is 32.2. The third-order valence-corrected chi connectivity index (χ3v) is 3.62. The van der Waals surface area contributed by atoms with Gasteiger partial charge in [-0.1, -0.05) is 13.8 Å². The van der Waals surface area contributed by atoms with Crippen LogP contribution in [0.2, 0.25) is 0 Å². The molecule has 6 nitrogen and oxygen atoms in total. The summed E-state index contributed by atoms with van der Waals surface area (Å²) in [6, 6.07) is -0.229. The van der Waals surface area contributed by atoms with Gasteiger partial charge in [-0.15, -0.1) is 0 Å². The van der Waals surface area contributed by atoms with Gasteiger partial charge in [0, 0.05) is 12.6 Å². The highest BCUT2D eigenvalue weighted by Gasteiger charge is 2.16. The maximum absolute atomic E-state index is 11.5. The average Bonchev–Trinajstić information content (AvgIpc) is 2.24. The Morgan fingerprint density at radius 1 is 1.41 bits per heavy atom. The first kappa shape index (κ1) is 16.3. The van der Waals surface area contributed by atoms with Crippen LogP contribution in [-0.2, 0) is 19.6 Å². The molecule has 1 unspecified atom stereocenters. The van der Waals surface area contributed by atoms with Crippen molar-refractivity contribution < 1.29 is 17.9 Å². The van der Waals surface area contributed by atoms with E-state index >= 15 is 0 Å². The number of sulfonamides is 1. The maximum Gasteiger partial charge on any atom is 0.306 e. The van der Waals surface area contributed by atoms with Crippen LogP contribution in [0.4, 0.5) is 0 Å². The minimum absolute atomic E-state index is 0.139. The summed E-state index contributed by atoms with van der Waals surface area (Å²) in [7, 11) is -3.45. The van der Waals surface area contributed by atoms with Crippen LogP contribution in [-0.4, -0.2) is 39.3 Å². The third kappa shape index (κ3) is 8.12. The van der Waals surface area contributed by atoms with Crippen LogP contribution in [0.1, 0.15) is 27.2 Å². The zero-order valence-electron chi connectivity index (χ0n) is 10.6. The fourth-order valence-electron chi connectivity index (χ4n) is 0.982. The Balaban J connectivity index is 4.00. The first-order chi connectivity index (χ1) is 7.78. The molecular weight excluding hydrogens is 244 g/mol. The Hall–Kier alpha value is -0.660. The lowest BCUT2D eigenvalue weighted by molar-refractivity contribution is -0.142. The summed E-state index contributed by atoms with van der Waals surface area (Å²) in [5.74, 6) is -0.579. The van der Waals surface area contributed by atoms with Crippen molar-refractivity contribution in [3.05, 3.63) is 0 Å². The van der Waals surface area contributed by atoms with E-state index in [0.29, 0.717) is 0 Å². The summed E-state index contributed by atoms with van der Waals surface area (Å²) in [5.41, 5.74) is 5.71. The van der Waals surface area contributed by atoms with Gasteiger partial charge in [0.2, 0.25) is 10.0 Å². The van der Waals surface area contributed by atoms with Crippen LogP contribution >= 0.6 is 0 Å². The van der Waals surface area contributed by atoms with Crippen molar-refractivity contribution >= 4 is 16.0 Å². The van der Waals surface area contributed by atoms with Crippen molar-refractivity contribution in [1.29, 1.82) is 0 Å². The summed E-state index contributed by atoms with van der Waals surface area (Å²) in [5, 5.41) is 0. The quantitative estimate of drug-likeness (QED) is 0.595. The van der Waals surface area contributed by atoms with Crippen LogP contribution in [0.15, 0.2) is 0 Å². The molecule has 1 atom stereocenters. The number of hydrogen-bond acceptors (Lipinski definition) is 5. The van der Waals surface area contributed by atoms with Gasteiger partial charge in [0.05, 0.1) is 18.8 Å². The van der Waals surface area contributed by atoms with Gasteiger partial charge in [-0.05, 0) is 12.8 Å². The lowest BCUT2D eigenvalue weighted by Gasteiger charge is -2.16. The van der Waals surface area contributed by atoms with E-state index in [1.807, 2.05) is 13.8 Å². The van der Waals surface area contributed by atoms with Gasteiger partial charge >= 0.3 is 5.97 Å². The largest absolute Gasteiger partial charge is 0.466 e. The topological polar surface area (TPSA) is 98.5 Å². The molecule has 0 saturated carbocycles. The molecule has 7 heteroatoms. The fourth-order valence-corrected chi connectivity index (χ4v) is 2.01. The lowest BCUT2D eigenvalue weighted by Crippen LogP contribution is -2.41. The van der Waals surface area contributed by atoms with E-state index < -0.39 is 16.0 Å². The minimum Gasteiger partial charge on any atom is -0.466 e. The predicted octanol–water partition coefficient (Wildman–Crippen LogP) is -0.158. The Morgan fingerprint density at radius 3 is 2.47 bits per heavy atom. The number of carbonyl (C=O) groups excluding carboxylic acids is 1. The molecule has 0 amide bonds. The van der Waals surface area contributed by atoms with Crippen LogP contribution in [0.5, 0.6) is 0 Å². The smallest absolute Gasteiger partial charge is 0.306 e. The number of esters is 1. The maximum atomic E-state index is 11.5. The molecule has 0 aromatic heterocycles. The van der Waals surface area contributed by atoms with Crippen LogP contribution in [0.25, 0.3) is 0 Å². The van der Waals surface area contributed by atoms with Gasteiger partial charge in [-0.3, -0.25) is 4.79 Å². The summed E-state index contributed by atoms with van der Waals surface area (Å²) >= 11 is 0. The molecule has 0 saturated heterocycles. The molecule has 102 valence electrons. The van der Waals surface area contributed by atoms with Gasteiger partial charge in [-0.25, -0.2) is 13.1 Å². The van der Waals surface area contributed by atoms with Crippen molar-refractivity contribution in [1.82, 2.24) is 4.72 Å². The van der Waals surface area contributed by atoms with Crippen LogP contribution < -0.4 is 10.5 Å². The van der Waals surface area contributed by atoms with E-state index in [1.165, 1.54) is 0 Å². The number of hydrogen-bond donors (Lipinski definition) is 2. The second-order valence-electron chi connectivity index (χ2n) is 4.13. The van der Waals surface area contributed by atoms with Gasteiger partial charge in [0.1, 0.15) is 0 Å². The zero-order chi connectivity index (χ0) is 13.5. The minimum atomic E-state index is -3.45. The summed E-state index contributed by atoms with van der Waals surface area (Å²) in [6.45, 7) is 5.94. The first-order valence-electron chi connectivity index (χ1n) is 5.67. The van der Waals surface area contributed by atoms with Crippen LogP contribution in [0, 0.1) is 5.92 Å². The standard InChI is InChI=1S/C10H22N2O4S/c1-4-16-10(13)5-6-17(14,15)12-7-9(11)8(2)3/h8-9,12H,4-7,11H2,1-3H3. The van der Waals surface area contributed by atoms with Gasteiger partial charge in [0.25, 0.3) is 0 Å². The van der Waals surface area contributed by atoms with Crippen molar-refractivity contribution in [2.45, 2.75) is 33.2 Å². The van der Waals surface area contributed by atoms with Crippen molar-refractivity contribution in [2.24, 2.45) is 11.7 Å². The molecule has 17 heavy (non-hydrogen) atoms. The molecule has 0 bridgehead atoms. The predicted molar refractivity (Wildman–Crippen MR) is 65.9 cm³/mol. The second-order valence-corrected chi connectivity index (χ2v) is 6.06. The fraction of sp³-hybridized carbons (Fsp3) is 0.900. The van der Waals surface area contributed by atoms with E-state index in [1.54, 1.807) is 6.92 Å². The number of nitrogens with one attached hydrogen (secondary N) is 1. The lowest BCUT2D eigenvalue weighted by atomic mass is 10.1. The van der Waals surface area contributed by atoms with Crippen molar-refractivity contribution in [3.63, 3.8) is 0 Å². The van der Waals surface area contributed by atoms with E-state index in [-0.39, 0.29) is 37.3 Å². The molecular formula is C10H22N2O4S. The molecule has 0 heterocycles. The Kier molecular flexibility index (Phi) is 7.33. The molecule has 0 aliphatic carbocycles. The van der Waals surface area contributed by atoms with Crippen LogP contribution in [0.3, 0.4) is 0 Å². The summed E-state index contributed by atoms with van der Waals surface area (Å²) in [4.78, 5) is 11.0. The number of carbonyl (C=O) groups is 1. The molecule has 0 aliphatic rings. The Bertz CT molecular complexity index is 327. The molecule has 3 N–H and O–H groups in total. The van der Waals surface area contributed by atoms with Gasteiger partial charge in [0.15, 0.2) is 0 Å². The number of nitrogens with two attached hydrogens (primary N) is 1. The van der Waals surface area contributed by atoms with E-state index in [0.717, 1.165) is 0 Å². The highest BCUT2D eigenvalue weighted by molar-refractivity contribution is 7.89. The van der Waals surface area contributed by atoms with E-state index in [9.17, 15) is 13.2 Å². The summed E-state index contributed by atoms with van der Waals surface area (Å²) < 4.78 is 30.0. The van der Waals surface area contributed by atoms with Crippen molar-refractivity contribution in [2.75, 3.05) is 18.9 Å². The zero-order valence-corrected chi connectivity index (χ0v) is 11.4. The molecule has 0 rings (SSSR count). The number of ether oxygens (including phenoxy) is 1. The second kappa shape index (κ2) is 7.62. The third-order valence-electron chi connectivity index (χ3n) is 2.28. The SMILES string of the molecule is CCOC(=O)CCS(=O)(=O)NCC(N)C(C)C. The van der Waals surface area contributed by atoms with Gasteiger partial charge in [-0.2, -0.15) is 0 Å².